The molecule has 1 aromatic rings. The van der Waals surface area contributed by atoms with Gasteiger partial charge in [-0.05, 0) is 55.6 Å². The van der Waals surface area contributed by atoms with E-state index >= 15 is 0 Å². The Kier molecular flexibility index (Phi) is 10.4. The van der Waals surface area contributed by atoms with Crippen LogP contribution in [0.5, 0.6) is 0 Å². The zero-order valence-electron chi connectivity index (χ0n) is 13.5. The molecule has 1 atom stereocenters. The molecule has 1 unspecified atom stereocenters. The molecule has 0 saturated carbocycles. The minimum Gasteiger partial charge on any atom is -0.357 e. The molecule has 1 rings (SSSR count). The highest BCUT2D eigenvalue weighted by Crippen LogP contribution is 2.14. The largest absolute Gasteiger partial charge is 0.357 e. The number of nitrogens with zero attached hydrogens (tertiary/aromatic N) is 1. The van der Waals surface area contributed by atoms with E-state index < -0.39 is 0 Å². The van der Waals surface area contributed by atoms with Crippen molar-refractivity contribution in [3.05, 3.63) is 22.4 Å². The van der Waals surface area contributed by atoms with Gasteiger partial charge in [0.15, 0.2) is 5.96 Å². The van der Waals surface area contributed by atoms with Gasteiger partial charge in [-0.2, -0.15) is 11.8 Å². The average Bonchev–Trinajstić information content (AvgIpc) is 2.97. The summed E-state index contributed by atoms with van der Waals surface area (Å²) >= 11 is 3.75. The minimum atomic E-state index is 0.579. The van der Waals surface area contributed by atoms with E-state index in [-0.39, 0.29) is 0 Å². The second kappa shape index (κ2) is 11.9. The van der Waals surface area contributed by atoms with Gasteiger partial charge < -0.3 is 10.6 Å². The molecule has 21 heavy (non-hydrogen) atoms. The van der Waals surface area contributed by atoms with E-state index in [1.807, 2.05) is 23.1 Å². The fourth-order valence-electron chi connectivity index (χ4n) is 2.00. The molecule has 3 nitrogen and oxygen atoms in total. The van der Waals surface area contributed by atoms with Gasteiger partial charge in [-0.1, -0.05) is 13.0 Å². The van der Waals surface area contributed by atoms with Crippen molar-refractivity contribution in [2.75, 3.05) is 31.6 Å². The molecule has 0 bridgehead atoms. The van der Waals surface area contributed by atoms with Crippen molar-refractivity contribution in [1.82, 2.24) is 10.6 Å². The Hall–Kier alpha value is -0.680. The molecule has 2 N–H and O–H groups in total. The predicted molar refractivity (Wildman–Crippen MR) is 98.8 cm³/mol. The number of thiophene rings is 1. The van der Waals surface area contributed by atoms with E-state index in [9.17, 15) is 0 Å². The molecular formula is C16H29N3S2. The molecule has 0 aliphatic carbocycles. The van der Waals surface area contributed by atoms with Crippen LogP contribution in [0, 0.1) is 5.92 Å². The average molecular weight is 328 g/mol. The smallest absolute Gasteiger partial charge is 0.191 e. The minimum absolute atomic E-state index is 0.579. The summed E-state index contributed by atoms with van der Waals surface area (Å²) in [6, 6.07) is 4.33. The monoisotopic (exact) mass is 327 g/mol. The Labute approximate surface area is 138 Å². The van der Waals surface area contributed by atoms with E-state index in [0.717, 1.165) is 32.0 Å². The van der Waals surface area contributed by atoms with Gasteiger partial charge >= 0.3 is 0 Å². The zero-order chi connectivity index (χ0) is 15.3. The van der Waals surface area contributed by atoms with Gasteiger partial charge in [-0.15, -0.1) is 11.3 Å². The number of rotatable bonds is 10. The van der Waals surface area contributed by atoms with Gasteiger partial charge in [0.2, 0.25) is 0 Å². The summed E-state index contributed by atoms with van der Waals surface area (Å²) in [6.45, 7) is 7.17. The molecule has 120 valence electrons. The lowest BCUT2D eigenvalue weighted by molar-refractivity contribution is 0.594. The number of hydrogen-bond acceptors (Lipinski definition) is 3. The number of hydrogen-bond donors (Lipinski definition) is 2. The van der Waals surface area contributed by atoms with Crippen LogP contribution < -0.4 is 10.6 Å². The lowest BCUT2D eigenvalue weighted by Crippen LogP contribution is -2.38. The van der Waals surface area contributed by atoms with Crippen molar-refractivity contribution < 1.29 is 0 Å². The van der Waals surface area contributed by atoms with Crippen LogP contribution in [0.15, 0.2) is 22.5 Å². The van der Waals surface area contributed by atoms with E-state index in [4.69, 9.17) is 4.99 Å². The summed E-state index contributed by atoms with van der Waals surface area (Å²) in [6.07, 6.45) is 5.75. The third-order valence-corrected chi connectivity index (χ3v) is 4.70. The summed E-state index contributed by atoms with van der Waals surface area (Å²) in [5.74, 6) is 2.78. The molecule has 1 heterocycles. The molecule has 0 spiro atoms. The van der Waals surface area contributed by atoms with Gasteiger partial charge in [-0.3, -0.25) is 4.99 Å². The molecule has 0 amide bonds. The highest BCUT2D eigenvalue weighted by atomic mass is 32.2. The Balaban J connectivity index is 2.29. The second-order valence-electron chi connectivity index (χ2n) is 5.23. The summed E-state index contributed by atoms with van der Waals surface area (Å²) < 4.78 is 0. The molecule has 1 aromatic heterocycles. The van der Waals surface area contributed by atoms with Crippen LogP contribution >= 0.6 is 23.1 Å². The van der Waals surface area contributed by atoms with E-state index in [1.54, 1.807) is 0 Å². The first-order chi connectivity index (χ1) is 10.3. The van der Waals surface area contributed by atoms with Crippen LogP contribution in [0.4, 0.5) is 0 Å². The fraction of sp³-hybridized carbons (Fsp3) is 0.688. The van der Waals surface area contributed by atoms with Gasteiger partial charge in [-0.25, -0.2) is 0 Å². The maximum Gasteiger partial charge on any atom is 0.191 e. The van der Waals surface area contributed by atoms with E-state index in [0.29, 0.717) is 5.92 Å². The Morgan fingerprint density at radius 3 is 2.90 bits per heavy atom. The Bertz CT molecular complexity index is 377. The molecular weight excluding hydrogens is 298 g/mol. The highest BCUT2D eigenvalue weighted by molar-refractivity contribution is 7.98. The number of aliphatic imine (C=N–C) groups is 1. The molecule has 0 fully saturated rings. The van der Waals surface area contributed by atoms with Crippen molar-refractivity contribution in [1.29, 1.82) is 0 Å². The van der Waals surface area contributed by atoms with Crippen LogP contribution in [-0.4, -0.2) is 37.6 Å². The molecule has 0 aliphatic rings. The first-order valence-electron chi connectivity index (χ1n) is 7.79. The number of guanidine groups is 1. The maximum absolute atomic E-state index is 4.71. The standard InChI is InChI=1S/C16H29N3S2/c1-4-17-16(18-9-5-6-10-20-3)19-13-14(2)12-15-8-7-11-21-15/h7-8,11,14H,4-6,9-10,12-13H2,1-3H3,(H2,17,18,19). The number of thioether (sulfide) groups is 1. The first-order valence-corrected chi connectivity index (χ1v) is 10.1. The van der Waals surface area contributed by atoms with Crippen LogP contribution in [-0.2, 0) is 6.42 Å². The van der Waals surface area contributed by atoms with Crippen molar-refractivity contribution in [2.45, 2.75) is 33.1 Å². The molecule has 0 aliphatic heterocycles. The number of unbranched alkanes of at least 4 members (excludes halogenated alkanes) is 1. The van der Waals surface area contributed by atoms with E-state index in [2.05, 4.69) is 48.2 Å². The van der Waals surface area contributed by atoms with Crippen molar-refractivity contribution >= 4 is 29.1 Å². The summed E-state index contributed by atoms with van der Waals surface area (Å²) in [5, 5.41) is 8.89. The van der Waals surface area contributed by atoms with Crippen molar-refractivity contribution in [3.8, 4) is 0 Å². The van der Waals surface area contributed by atoms with Crippen LogP contribution in [0.1, 0.15) is 31.6 Å². The predicted octanol–water partition coefficient (Wildman–Crippen LogP) is 3.63. The summed E-state index contributed by atoms with van der Waals surface area (Å²) in [7, 11) is 0. The first kappa shape index (κ1) is 18.4. The lowest BCUT2D eigenvalue weighted by Gasteiger charge is -2.13. The molecule has 5 heteroatoms. The summed E-state index contributed by atoms with van der Waals surface area (Å²) in [5.41, 5.74) is 0. The van der Waals surface area contributed by atoms with Gasteiger partial charge in [0.25, 0.3) is 0 Å². The lowest BCUT2D eigenvalue weighted by atomic mass is 10.1. The van der Waals surface area contributed by atoms with Gasteiger partial charge in [0.05, 0.1) is 0 Å². The van der Waals surface area contributed by atoms with Crippen LogP contribution in [0.25, 0.3) is 0 Å². The number of nitrogens with one attached hydrogen (secondary N) is 2. The molecule has 0 saturated heterocycles. The van der Waals surface area contributed by atoms with Crippen LogP contribution in [0.2, 0.25) is 0 Å². The van der Waals surface area contributed by atoms with E-state index in [1.165, 1.54) is 23.5 Å². The van der Waals surface area contributed by atoms with Gasteiger partial charge in [0, 0.05) is 24.5 Å². The molecule has 0 aromatic carbocycles. The van der Waals surface area contributed by atoms with Gasteiger partial charge in [0.1, 0.15) is 0 Å². The SMILES string of the molecule is CCNC(=NCC(C)Cc1cccs1)NCCCCSC. The zero-order valence-corrected chi connectivity index (χ0v) is 15.2. The second-order valence-corrected chi connectivity index (χ2v) is 7.25. The third kappa shape index (κ3) is 9.04. The topological polar surface area (TPSA) is 36.4 Å². The summed E-state index contributed by atoms with van der Waals surface area (Å²) in [4.78, 5) is 6.16. The molecule has 0 radical (unpaired) electrons. The highest BCUT2D eigenvalue weighted by Gasteiger charge is 2.05. The fourth-order valence-corrected chi connectivity index (χ4v) is 3.37. The quantitative estimate of drug-likeness (QED) is 0.391. The third-order valence-electron chi connectivity index (χ3n) is 3.10. The van der Waals surface area contributed by atoms with Crippen molar-refractivity contribution in [2.24, 2.45) is 10.9 Å². The Morgan fingerprint density at radius 1 is 1.38 bits per heavy atom. The maximum atomic E-state index is 4.71. The normalized spacial score (nSPS) is 13.2. The van der Waals surface area contributed by atoms with Crippen molar-refractivity contribution in [3.63, 3.8) is 0 Å². The van der Waals surface area contributed by atoms with Crippen LogP contribution in [0.3, 0.4) is 0 Å². The Morgan fingerprint density at radius 2 is 2.24 bits per heavy atom.